The second-order valence-corrected chi connectivity index (χ2v) is 3.03. The highest BCUT2D eigenvalue weighted by molar-refractivity contribution is 5.78. The summed E-state index contributed by atoms with van der Waals surface area (Å²) in [6.45, 7) is 0.789. The summed E-state index contributed by atoms with van der Waals surface area (Å²) in [7, 11) is 3.64. The van der Waals surface area contributed by atoms with Crippen LogP contribution in [-0.4, -0.2) is 25.0 Å². The van der Waals surface area contributed by atoms with Gasteiger partial charge in [-0.3, -0.25) is 10.4 Å². The van der Waals surface area contributed by atoms with Crippen LogP contribution in [0.3, 0.4) is 0 Å². The molecule has 0 saturated heterocycles. The van der Waals surface area contributed by atoms with Crippen molar-refractivity contribution in [1.29, 1.82) is 0 Å². The van der Waals surface area contributed by atoms with Crippen molar-refractivity contribution in [3.8, 4) is 0 Å². The lowest BCUT2D eigenvalue weighted by Gasteiger charge is -2.19. The molecule has 0 aliphatic carbocycles. The first-order valence-electron chi connectivity index (χ1n) is 4.46. The first-order chi connectivity index (χ1) is 6.77. The van der Waals surface area contributed by atoms with E-state index >= 15 is 0 Å². The molecule has 0 radical (unpaired) electrons. The van der Waals surface area contributed by atoms with Crippen LogP contribution in [0, 0.1) is 0 Å². The molecule has 0 heterocycles. The highest BCUT2D eigenvalue weighted by atomic mass is 15.4. The molecule has 0 aliphatic rings. The molecule has 1 rings (SSSR count). The minimum absolute atomic E-state index is 0.675. The Hall–Kier alpha value is -1.55. The van der Waals surface area contributed by atoms with Crippen molar-refractivity contribution < 1.29 is 0 Å². The molecule has 0 amide bonds. The second kappa shape index (κ2) is 5.24. The van der Waals surface area contributed by atoms with Crippen LogP contribution < -0.4 is 11.3 Å². The van der Waals surface area contributed by atoms with Gasteiger partial charge in [-0.05, 0) is 5.56 Å². The summed E-state index contributed by atoms with van der Waals surface area (Å²) >= 11 is 0. The fraction of sp³-hybridized carbons (Fsp3) is 0.300. The van der Waals surface area contributed by atoms with Gasteiger partial charge >= 0.3 is 0 Å². The number of guanidine groups is 1. The summed E-state index contributed by atoms with van der Waals surface area (Å²) in [5.74, 6) is 5.99. The lowest BCUT2D eigenvalue weighted by atomic mass is 10.2. The van der Waals surface area contributed by atoms with Crippen molar-refractivity contribution in [2.24, 2.45) is 10.8 Å². The number of aliphatic imine (C=N–C) groups is 1. The number of benzene rings is 1. The van der Waals surface area contributed by atoms with Gasteiger partial charge in [-0.1, -0.05) is 30.3 Å². The van der Waals surface area contributed by atoms with Crippen molar-refractivity contribution in [2.45, 2.75) is 6.54 Å². The Labute approximate surface area is 84.4 Å². The molecule has 0 aromatic heterocycles. The quantitative estimate of drug-likeness (QED) is 0.312. The summed E-state index contributed by atoms with van der Waals surface area (Å²) in [4.78, 5) is 5.96. The third-order valence-electron chi connectivity index (χ3n) is 1.97. The van der Waals surface area contributed by atoms with Crippen LogP contribution in [0.15, 0.2) is 35.3 Å². The molecule has 1 aromatic rings. The van der Waals surface area contributed by atoms with Crippen molar-refractivity contribution >= 4 is 5.96 Å². The highest BCUT2D eigenvalue weighted by Crippen LogP contribution is 2.01. The van der Waals surface area contributed by atoms with E-state index in [1.165, 1.54) is 5.56 Å². The zero-order valence-corrected chi connectivity index (χ0v) is 8.57. The van der Waals surface area contributed by atoms with Gasteiger partial charge in [0.15, 0.2) is 0 Å². The standard InChI is InChI=1S/C10H16N4/c1-12-10(13-11)14(2)8-9-6-4-3-5-7-9/h3-7H,8,11H2,1-2H3,(H,12,13). The topological polar surface area (TPSA) is 53.6 Å². The van der Waals surface area contributed by atoms with E-state index in [4.69, 9.17) is 5.84 Å². The van der Waals surface area contributed by atoms with Crippen LogP contribution in [0.25, 0.3) is 0 Å². The Morgan fingerprint density at radius 1 is 1.43 bits per heavy atom. The smallest absolute Gasteiger partial charge is 0.208 e. The predicted molar refractivity (Wildman–Crippen MR) is 58.6 cm³/mol. The van der Waals surface area contributed by atoms with Crippen LogP contribution >= 0.6 is 0 Å². The van der Waals surface area contributed by atoms with Gasteiger partial charge in [-0.2, -0.15) is 0 Å². The van der Waals surface area contributed by atoms with Crippen molar-refractivity contribution in [3.05, 3.63) is 35.9 Å². The van der Waals surface area contributed by atoms with Crippen LogP contribution in [0.1, 0.15) is 5.56 Å². The third kappa shape index (κ3) is 2.74. The van der Waals surface area contributed by atoms with Gasteiger partial charge in [0, 0.05) is 20.6 Å². The van der Waals surface area contributed by atoms with Crippen molar-refractivity contribution in [2.75, 3.05) is 14.1 Å². The van der Waals surface area contributed by atoms with Gasteiger partial charge in [0.1, 0.15) is 0 Å². The number of rotatable bonds is 2. The van der Waals surface area contributed by atoms with E-state index in [0.717, 1.165) is 6.54 Å². The molecule has 3 N–H and O–H groups in total. The first-order valence-corrected chi connectivity index (χ1v) is 4.46. The molecule has 1 aromatic carbocycles. The highest BCUT2D eigenvalue weighted by Gasteiger charge is 2.03. The van der Waals surface area contributed by atoms with E-state index in [1.807, 2.05) is 30.1 Å². The van der Waals surface area contributed by atoms with Crippen LogP contribution in [0.4, 0.5) is 0 Å². The third-order valence-corrected chi connectivity index (χ3v) is 1.97. The maximum atomic E-state index is 5.32. The molecule has 76 valence electrons. The Kier molecular flexibility index (Phi) is 3.94. The molecule has 0 atom stereocenters. The number of nitrogens with zero attached hydrogens (tertiary/aromatic N) is 2. The summed E-state index contributed by atoms with van der Waals surface area (Å²) in [5, 5.41) is 0. The van der Waals surface area contributed by atoms with E-state index < -0.39 is 0 Å². The summed E-state index contributed by atoms with van der Waals surface area (Å²) in [6.07, 6.45) is 0. The lowest BCUT2D eigenvalue weighted by Crippen LogP contribution is -2.42. The van der Waals surface area contributed by atoms with E-state index in [2.05, 4.69) is 22.6 Å². The molecule has 0 spiro atoms. The minimum Gasteiger partial charge on any atom is -0.341 e. The van der Waals surface area contributed by atoms with Gasteiger partial charge in [-0.15, -0.1) is 0 Å². The zero-order valence-electron chi connectivity index (χ0n) is 8.57. The number of nitrogens with one attached hydrogen (secondary N) is 1. The first kappa shape index (κ1) is 10.5. The monoisotopic (exact) mass is 192 g/mol. The maximum Gasteiger partial charge on any atom is 0.208 e. The number of hydrogen-bond donors (Lipinski definition) is 2. The van der Waals surface area contributed by atoms with Crippen LogP contribution in [0.2, 0.25) is 0 Å². The predicted octanol–water partition coefficient (Wildman–Crippen LogP) is 0.568. The minimum atomic E-state index is 0.675. The van der Waals surface area contributed by atoms with Gasteiger partial charge in [0.2, 0.25) is 5.96 Å². The molecule has 4 heteroatoms. The largest absolute Gasteiger partial charge is 0.341 e. The Morgan fingerprint density at radius 3 is 2.57 bits per heavy atom. The van der Waals surface area contributed by atoms with Gasteiger partial charge in [0.25, 0.3) is 0 Å². The van der Waals surface area contributed by atoms with Gasteiger partial charge in [-0.25, -0.2) is 5.84 Å². The van der Waals surface area contributed by atoms with E-state index in [1.54, 1.807) is 7.05 Å². The van der Waals surface area contributed by atoms with E-state index in [-0.39, 0.29) is 0 Å². The molecule has 0 bridgehead atoms. The Bertz CT molecular complexity index is 294. The Balaban J connectivity index is 2.61. The average Bonchev–Trinajstić information content (AvgIpc) is 2.21. The zero-order chi connectivity index (χ0) is 10.4. The summed E-state index contributed by atoms with van der Waals surface area (Å²) in [6, 6.07) is 10.2. The van der Waals surface area contributed by atoms with Crippen molar-refractivity contribution in [1.82, 2.24) is 10.3 Å². The maximum absolute atomic E-state index is 5.32. The molecule has 14 heavy (non-hydrogen) atoms. The average molecular weight is 192 g/mol. The fourth-order valence-corrected chi connectivity index (χ4v) is 1.28. The lowest BCUT2D eigenvalue weighted by molar-refractivity contribution is 0.479. The molecule has 0 unspecified atom stereocenters. The SMILES string of the molecule is CN=C(NN)N(C)Cc1ccccc1. The molecule has 0 aliphatic heterocycles. The molecule has 0 saturated carbocycles. The Morgan fingerprint density at radius 2 is 2.07 bits per heavy atom. The summed E-state index contributed by atoms with van der Waals surface area (Å²) in [5.41, 5.74) is 3.78. The van der Waals surface area contributed by atoms with Crippen LogP contribution in [0.5, 0.6) is 0 Å². The second-order valence-electron chi connectivity index (χ2n) is 3.03. The molecular formula is C10H16N4. The van der Waals surface area contributed by atoms with Crippen molar-refractivity contribution in [3.63, 3.8) is 0 Å². The summed E-state index contributed by atoms with van der Waals surface area (Å²) < 4.78 is 0. The van der Waals surface area contributed by atoms with E-state index in [0.29, 0.717) is 5.96 Å². The fourth-order valence-electron chi connectivity index (χ4n) is 1.28. The molecule has 4 nitrogen and oxygen atoms in total. The van der Waals surface area contributed by atoms with Gasteiger partial charge in [0.05, 0.1) is 0 Å². The normalized spacial score (nSPS) is 11.2. The number of nitrogens with two attached hydrogens (primary N) is 1. The molecule has 0 fully saturated rings. The molecular weight excluding hydrogens is 176 g/mol. The number of hydrogen-bond acceptors (Lipinski definition) is 2. The van der Waals surface area contributed by atoms with E-state index in [9.17, 15) is 0 Å². The number of hydrazine groups is 1. The van der Waals surface area contributed by atoms with Gasteiger partial charge < -0.3 is 4.90 Å². The van der Waals surface area contributed by atoms with Crippen LogP contribution in [-0.2, 0) is 6.54 Å².